The summed E-state index contributed by atoms with van der Waals surface area (Å²) in [5.74, 6) is 0. The zero-order valence-electron chi connectivity index (χ0n) is 10.8. The van der Waals surface area contributed by atoms with E-state index < -0.39 is 6.10 Å². The third kappa shape index (κ3) is 3.69. The van der Waals surface area contributed by atoms with E-state index in [1.165, 1.54) is 0 Å². The third-order valence-corrected chi connectivity index (χ3v) is 3.92. The van der Waals surface area contributed by atoms with Crippen molar-refractivity contribution in [3.63, 3.8) is 0 Å². The molecule has 18 heavy (non-hydrogen) atoms. The Labute approximate surface area is 114 Å². The van der Waals surface area contributed by atoms with Gasteiger partial charge in [-0.1, -0.05) is 29.8 Å². The molecule has 1 aliphatic rings. The summed E-state index contributed by atoms with van der Waals surface area (Å²) < 4.78 is 0. The van der Waals surface area contributed by atoms with Gasteiger partial charge in [-0.05, 0) is 25.1 Å². The largest absolute Gasteiger partial charge is 0.388 e. The zero-order chi connectivity index (χ0) is 13.0. The van der Waals surface area contributed by atoms with E-state index in [9.17, 15) is 5.11 Å². The molecule has 3 nitrogen and oxygen atoms in total. The van der Waals surface area contributed by atoms with Gasteiger partial charge in [0, 0.05) is 37.7 Å². The van der Waals surface area contributed by atoms with Gasteiger partial charge in [-0.25, -0.2) is 0 Å². The van der Waals surface area contributed by atoms with E-state index in [-0.39, 0.29) is 0 Å². The second-order valence-electron chi connectivity index (χ2n) is 4.97. The summed E-state index contributed by atoms with van der Waals surface area (Å²) in [6.45, 7) is 5.34. The number of likely N-dealkylation sites (N-methyl/N-ethyl adjacent to an activating group) is 1. The summed E-state index contributed by atoms with van der Waals surface area (Å²) in [5.41, 5.74) is 0.841. The van der Waals surface area contributed by atoms with Crippen LogP contribution in [0.3, 0.4) is 0 Å². The number of hydrogen-bond acceptors (Lipinski definition) is 3. The van der Waals surface area contributed by atoms with E-state index in [2.05, 4.69) is 16.8 Å². The summed E-state index contributed by atoms with van der Waals surface area (Å²) in [6, 6.07) is 7.53. The van der Waals surface area contributed by atoms with Crippen molar-refractivity contribution in [2.75, 3.05) is 39.8 Å². The van der Waals surface area contributed by atoms with Crippen molar-refractivity contribution in [3.05, 3.63) is 34.9 Å². The molecule has 1 heterocycles. The van der Waals surface area contributed by atoms with E-state index in [4.69, 9.17) is 11.6 Å². The molecule has 0 amide bonds. The van der Waals surface area contributed by atoms with Crippen molar-refractivity contribution in [2.24, 2.45) is 0 Å². The predicted molar refractivity (Wildman–Crippen MR) is 75.0 cm³/mol. The lowest BCUT2D eigenvalue weighted by atomic mass is 10.1. The fourth-order valence-corrected chi connectivity index (χ4v) is 2.54. The summed E-state index contributed by atoms with van der Waals surface area (Å²) in [7, 11) is 2.15. The molecule has 0 saturated carbocycles. The molecule has 0 radical (unpaired) electrons. The van der Waals surface area contributed by atoms with Gasteiger partial charge in [-0.15, -0.1) is 0 Å². The number of benzene rings is 1. The van der Waals surface area contributed by atoms with Crippen LogP contribution in [0.4, 0.5) is 0 Å². The highest BCUT2D eigenvalue weighted by Crippen LogP contribution is 2.24. The fraction of sp³-hybridized carbons (Fsp3) is 0.571. The molecule has 1 saturated heterocycles. The first-order valence-corrected chi connectivity index (χ1v) is 6.88. The van der Waals surface area contributed by atoms with Gasteiger partial charge in [-0.2, -0.15) is 0 Å². The van der Waals surface area contributed by atoms with Gasteiger partial charge in [0.2, 0.25) is 0 Å². The Morgan fingerprint density at radius 1 is 1.22 bits per heavy atom. The van der Waals surface area contributed by atoms with Crippen LogP contribution in [0.1, 0.15) is 18.1 Å². The van der Waals surface area contributed by atoms with Crippen LogP contribution in [0.5, 0.6) is 0 Å². The molecular formula is C14H21ClN2O. The van der Waals surface area contributed by atoms with Crippen molar-refractivity contribution in [1.82, 2.24) is 9.80 Å². The van der Waals surface area contributed by atoms with Gasteiger partial charge in [0.25, 0.3) is 0 Å². The average molecular weight is 269 g/mol. The number of aliphatic hydroxyl groups excluding tert-OH is 1. The third-order valence-electron chi connectivity index (χ3n) is 3.58. The molecule has 0 aliphatic carbocycles. The molecule has 0 aromatic heterocycles. The SMILES string of the molecule is CN1CCN(CCC(O)c2ccccc2Cl)CC1. The maximum absolute atomic E-state index is 10.2. The highest BCUT2D eigenvalue weighted by molar-refractivity contribution is 6.31. The van der Waals surface area contributed by atoms with Crippen LogP contribution in [0.25, 0.3) is 0 Å². The van der Waals surface area contributed by atoms with Crippen LogP contribution in [-0.2, 0) is 0 Å². The normalized spacial score (nSPS) is 19.9. The van der Waals surface area contributed by atoms with Crippen LogP contribution in [-0.4, -0.2) is 54.7 Å². The lowest BCUT2D eigenvalue weighted by Gasteiger charge is -2.32. The number of rotatable bonds is 4. The Balaban J connectivity index is 1.81. The molecule has 4 heteroatoms. The quantitative estimate of drug-likeness (QED) is 0.905. The molecule has 2 rings (SSSR count). The number of hydrogen-bond donors (Lipinski definition) is 1. The monoisotopic (exact) mass is 268 g/mol. The molecule has 0 bridgehead atoms. The highest BCUT2D eigenvalue weighted by Gasteiger charge is 2.16. The van der Waals surface area contributed by atoms with Gasteiger partial charge in [0.15, 0.2) is 0 Å². The molecule has 0 spiro atoms. The van der Waals surface area contributed by atoms with Crippen molar-refractivity contribution in [3.8, 4) is 0 Å². The Kier molecular flexibility index (Phi) is 5.01. The van der Waals surface area contributed by atoms with Crippen molar-refractivity contribution < 1.29 is 5.11 Å². The maximum atomic E-state index is 10.2. The molecule has 1 aliphatic heterocycles. The molecule has 100 valence electrons. The van der Waals surface area contributed by atoms with E-state index >= 15 is 0 Å². The maximum Gasteiger partial charge on any atom is 0.0816 e. The van der Waals surface area contributed by atoms with Crippen molar-refractivity contribution >= 4 is 11.6 Å². The first-order valence-electron chi connectivity index (χ1n) is 6.50. The summed E-state index contributed by atoms with van der Waals surface area (Å²) in [6.07, 6.45) is 0.284. The van der Waals surface area contributed by atoms with Crippen LogP contribution in [0, 0.1) is 0 Å². The van der Waals surface area contributed by atoms with Gasteiger partial charge >= 0.3 is 0 Å². The Morgan fingerprint density at radius 3 is 2.56 bits per heavy atom. The molecule has 1 aromatic rings. The molecule has 1 N–H and O–H groups in total. The van der Waals surface area contributed by atoms with Gasteiger partial charge < -0.3 is 14.9 Å². The lowest BCUT2D eigenvalue weighted by molar-refractivity contribution is 0.113. The number of piperazine rings is 1. The van der Waals surface area contributed by atoms with Crippen molar-refractivity contribution in [1.29, 1.82) is 0 Å². The van der Waals surface area contributed by atoms with E-state index in [1.807, 2.05) is 24.3 Å². The molecular weight excluding hydrogens is 248 g/mol. The molecule has 1 fully saturated rings. The summed E-state index contributed by atoms with van der Waals surface area (Å²) in [4.78, 5) is 4.74. The van der Waals surface area contributed by atoms with E-state index in [1.54, 1.807) is 0 Å². The van der Waals surface area contributed by atoms with Crippen LogP contribution in [0.2, 0.25) is 5.02 Å². The zero-order valence-corrected chi connectivity index (χ0v) is 11.6. The Morgan fingerprint density at radius 2 is 1.89 bits per heavy atom. The van der Waals surface area contributed by atoms with Gasteiger partial charge in [-0.3, -0.25) is 0 Å². The van der Waals surface area contributed by atoms with Gasteiger partial charge in [0.05, 0.1) is 6.10 Å². The van der Waals surface area contributed by atoms with Crippen LogP contribution in [0.15, 0.2) is 24.3 Å². The molecule has 1 atom stereocenters. The number of aliphatic hydroxyl groups is 1. The standard InChI is InChI=1S/C14H21ClN2O/c1-16-8-10-17(11-9-16)7-6-14(18)12-4-2-3-5-13(12)15/h2-5,14,18H,6-11H2,1H3. The molecule has 1 aromatic carbocycles. The Hall–Kier alpha value is -0.610. The van der Waals surface area contributed by atoms with E-state index in [0.29, 0.717) is 5.02 Å². The summed E-state index contributed by atoms with van der Waals surface area (Å²) >= 11 is 6.08. The summed E-state index contributed by atoms with van der Waals surface area (Å²) in [5, 5.41) is 10.8. The Bertz CT molecular complexity index is 378. The number of nitrogens with zero attached hydrogens (tertiary/aromatic N) is 2. The lowest BCUT2D eigenvalue weighted by Crippen LogP contribution is -2.44. The average Bonchev–Trinajstić information content (AvgIpc) is 2.38. The second kappa shape index (κ2) is 6.53. The van der Waals surface area contributed by atoms with Crippen molar-refractivity contribution in [2.45, 2.75) is 12.5 Å². The smallest absolute Gasteiger partial charge is 0.0816 e. The minimum atomic E-state index is -0.460. The fourth-order valence-electron chi connectivity index (χ4n) is 2.28. The minimum Gasteiger partial charge on any atom is -0.388 e. The number of halogens is 1. The van der Waals surface area contributed by atoms with Crippen LogP contribution < -0.4 is 0 Å². The predicted octanol–water partition coefficient (Wildman–Crippen LogP) is 2.01. The first-order chi connectivity index (χ1) is 8.66. The molecule has 1 unspecified atom stereocenters. The first kappa shape index (κ1) is 13.8. The minimum absolute atomic E-state index is 0.460. The van der Waals surface area contributed by atoms with E-state index in [0.717, 1.165) is 44.7 Å². The van der Waals surface area contributed by atoms with Crippen LogP contribution >= 0.6 is 11.6 Å². The highest BCUT2D eigenvalue weighted by atomic mass is 35.5. The topological polar surface area (TPSA) is 26.7 Å². The second-order valence-corrected chi connectivity index (χ2v) is 5.38. The van der Waals surface area contributed by atoms with Gasteiger partial charge in [0.1, 0.15) is 0 Å².